The molecular weight excluding hydrogens is 272 g/mol. The second kappa shape index (κ2) is 6.76. The molecule has 1 heterocycles. The third kappa shape index (κ3) is 3.52. The van der Waals surface area contributed by atoms with Crippen LogP contribution in [0.3, 0.4) is 0 Å². The van der Waals surface area contributed by atoms with Crippen LogP contribution in [0.1, 0.15) is 25.8 Å². The highest BCUT2D eigenvalue weighted by atomic mass is 32.2. The largest absolute Gasteiger partial charge is 0.343 e. The van der Waals surface area contributed by atoms with Gasteiger partial charge >= 0.3 is 5.69 Å². The van der Waals surface area contributed by atoms with Gasteiger partial charge in [-0.15, -0.1) is 5.10 Å². The highest BCUT2D eigenvalue weighted by Crippen LogP contribution is 2.25. The Hall–Kier alpha value is -1.53. The lowest BCUT2D eigenvalue weighted by Gasteiger charge is -2.09. The smallest absolute Gasteiger partial charge is 0.327 e. The summed E-state index contributed by atoms with van der Waals surface area (Å²) in [6.45, 7) is 4.63. The number of H-pyrrole nitrogens is 1. The number of nitrogens with zero attached hydrogens (tertiary/aromatic N) is 2. The van der Waals surface area contributed by atoms with Crippen molar-refractivity contribution >= 4 is 11.8 Å². The Kier molecular flexibility index (Phi) is 5.03. The molecule has 0 aliphatic heterocycles. The summed E-state index contributed by atoms with van der Waals surface area (Å²) in [7, 11) is 0. The molecule has 0 aliphatic rings. The molecule has 1 unspecified atom stereocenters. The molecule has 0 spiro atoms. The van der Waals surface area contributed by atoms with Crippen LogP contribution in [0.15, 0.2) is 39.1 Å². The van der Waals surface area contributed by atoms with Crippen molar-refractivity contribution in [2.24, 2.45) is 5.73 Å². The molecule has 0 radical (unpaired) electrons. The minimum atomic E-state index is -0.166. The average Bonchev–Trinajstić information content (AvgIpc) is 2.81. The van der Waals surface area contributed by atoms with Crippen LogP contribution in [0.4, 0.5) is 0 Å². The van der Waals surface area contributed by atoms with Gasteiger partial charge in [-0.1, -0.05) is 19.1 Å². The molecule has 2 aromatic rings. The van der Waals surface area contributed by atoms with Gasteiger partial charge in [0, 0.05) is 17.5 Å². The van der Waals surface area contributed by atoms with Crippen LogP contribution in [0.25, 0.3) is 0 Å². The maximum absolute atomic E-state index is 11.5. The minimum absolute atomic E-state index is 0.166. The van der Waals surface area contributed by atoms with Gasteiger partial charge in [-0.2, -0.15) is 0 Å². The highest BCUT2D eigenvalue weighted by Gasteiger charge is 2.08. The second-order valence-corrected chi connectivity index (χ2v) is 5.71. The van der Waals surface area contributed by atoms with Crippen LogP contribution in [0.2, 0.25) is 0 Å². The number of benzene rings is 1. The molecule has 0 fully saturated rings. The molecule has 0 bridgehead atoms. The first-order chi connectivity index (χ1) is 9.63. The van der Waals surface area contributed by atoms with E-state index in [1.165, 1.54) is 17.3 Å². The van der Waals surface area contributed by atoms with Crippen molar-refractivity contribution in [2.75, 3.05) is 0 Å². The quantitative estimate of drug-likeness (QED) is 0.854. The van der Waals surface area contributed by atoms with Crippen molar-refractivity contribution in [3.05, 3.63) is 40.3 Å². The highest BCUT2D eigenvalue weighted by molar-refractivity contribution is 7.99. The monoisotopic (exact) mass is 292 g/mol. The molecule has 1 aromatic heterocycles. The van der Waals surface area contributed by atoms with Gasteiger partial charge in [-0.25, -0.2) is 9.89 Å². The summed E-state index contributed by atoms with van der Waals surface area (Å²) >= 11 is 1.48. The molecule has 0 saturated carbocycles. The lowest BCUT2D eigenvalue weighted by Crippen LogP contribution is -2.21. The van der Waals surface area contributed by atoms with Crippen molar-refractivity contribution < 1.29 is 0 Å². The zero-order valence-electron chi connectivity index (χ0n) is 11.8. The molecule has 20 heavy (non-hydrogen) atoms. The number of nitrogens with one attached hydrogen (secondary N) is 1. The SMILES string of the molecule is CCC(N)Cc1ccc(Sc2n[nH]c(=O)n2CC)cc1. The lowest BCUT2D eigenvalue weighted by atomic mass is 10.1. The zero-order chi connectivity index (χ0) is 14.5. The molecule has 0 aliphatic carbocycles. The Balaban J connectivity index is 2.09. The van der Waals surface area contributed by atoms with Crippen molar-refractivity contribution in [1.29, 1.82) is 0 Å². The van der Waals surface area contributed by atoms with Crippen LogP contribution < -0.4 is 11.4 Å². The molecule has 2 rings (SSSR count). The maximum Gasteiger partial charge on any atom is 0.343 e. The van der Waals surface area contributed by atoms with Crippen LogP contribution in [0.5, 0.6) is 0 Å². The molecule has 6 heteroatoms. The molecule has 0 amide bonds. The standard InChI is InChI=1S/C14H20N4OS/c1-3-11(15)9-10-5-7-12(8-6-10)20-14-17-16-13(19)18(14)4-2/h5-8,11H,3-4,9,15H2,1-2H3,(H,16,19). The third-order valence-electron chi connectivity index (χ3n) is 3.19. The van der Waals surface area contributed by atoms with Crippen molar-refractivity contribution in [1.82, 2.24) is 14.8 Å². The molecule has 0 saturated heterocycles. The third-order valence-corrected chi connectivity index (χ3v) is 4.20. The molecule has 108 valence electrons. The van der Waals surface area contributed by atoms with E-state index in [1.807, 2.05) is 19.1 Å². The maximum atomic E-state index is 11.5. The van der Waals surface area contributed by atoms with Crippen LogP contribution in [-0.2, 0) is 13.0 Å². The van der Waals surface area contributed by atoms with Gasteiger partial charge in [-0.3, -0.25) is 4.57 Å². The fourth-order valence-corrected chi connectivity index (χ4v) is 2.80. The molecule has 3 N–H and O–H groups in total. The number of rotatable bonds is 6. The predicted molar refractivity (Wildman–Crippen MR) is 81.1 cm³/mol. The van der Waals surface area contributed by atoms with E-state index in [0.717, 1.165) is 17.7 Å². The number of hydrogen-bond acceptors (Lipinski definition) is 4. The zero-order valence-corrected chi connectivity index (χ0v) is 12.6. The average molecular weight is 292 g/mol. The first kappa shape index (κ1) is 14.9. The Bertz CT molecular complexity index is 602. The van der Waals surface area contributed by atoms with Crippen LogP contribution in [0, 0.1) is 0 Å². The van der Waals surface area contributed by atoms with Gasteiger partial charge in [0.15, 0.2) is 5.16 Å². The number of nitrogens with two attached hydrogens (primary N) is 1. The molecule has 5 nitrogen and oxygen atoms in total. The fraction of sp³-hybridized carbons (Fsp3) is 0.429. The van der Waals surface area contributed by atoms with Crippen molar-refractivity contribution in [2.45, 2.75) is 49.3 Å². The minimum Gasteiger partial charge on any atom is -0.327 e. The first-order valence-corrected chi connectivity index (χ1v) is 7.63. The topological polar surface area (TPSA) is 76.7 Å². The summed E-state index contributed by atoms with van der Waals surface area (Å²) in [5.74, 6) is 0. The van der Waals surface area contributed by atoms with Crippen molar-refractivity contribution in [3.8, 4) is 0 Å². The summed E-state index contributed by atoms with van der Waals surface area (Å²) in [4.78, 5) is 12.5. The van der Waals surface area contributed by atoms with Gasteiger partial charge in [0.25, 0.3) is 0 Å². The van der Waals surface area contributed by atoms with Gasteiger partial charge < -0.3 is 5.73 Å². The Morgan fingerprint density at radius 1 is 1.35 bits per heavy atom. The number of aromatic amines is 1. The van der Waals surface area contributed by atoms with E-state index in [-0.39, 0.29) is 11.7 Å². The van der Waals surface area contributed by atoms with E-state index < -0.39 is 0 Å². The van der Waals surface area contributed by atoms with Crippen molar-refractivity contribution in [3.63, 3.8) is 0 Å². The summed E-state index contributed by atoms with van der Waals surface area (Å²) in [5.41, 5.74) is 7.02. The predicted octanol–water partition coefficient (Wildman–Crippen LogP) is 2.02. The van der Waals surface area contributed by atoms with E-state index in [4.69, 9.17) is 5.73 Å². The summed E-state index contributed by atoms with van der Waals surface area (Å²) in [5, 5.41) is 7.20. The van der Waals surface area contributed by atoms with E-state index in [9.17, 15) is 4.79 Å². The number of aromatic nitrogens is 3. The molecule has 1 atom stereocenters. The van der Waals surface area contributed by atoms with Gasteiger partial charge in [-0.05, 0) is 49.2 Å². The summed E-state index contributed by atoms with van der Waals surface area (Å²) in [6, 6.07) is 8.46. The summed E-state index contributed by atoms with van der Waals surface area (Å²) in [6.07, 6.45) is 1.87. The van der Waals surface area contributed by atoms with E-state index in [0.29, 0.717) is 11.7 Å². The van der Waals surface area contributed by atoms with E-state index in [2.05, 4.69) is 29.3 Å². The Morgan fingerprint density at radius 3 is 2.65 bits per heavy atom. The summed E-state index contributed by atoms with van der Waals surface area (Å²) < 4.78 is 1.62. The van der Waals surface area contributed by atoms with Crippen LogP contribution in [-0.4, -0.2) is 20.8 Å². The normalized spacial score (nSPS) is 12.6. The van der Waals surface area contributed by atoms with Crippen LogP contribution >= 0.6 is 11.8 Å². The van der Waals surface area contributed by atoms with Gasteiger partial charge in [0.1, 0.15) is 0 Å². The molecular formula is C14H20N4OS. The fourth-order valence-electron chi connectivity index (χ4n) is 1.91. The van der Waals surface area contributed by atoms with E-state index >= 15 is 0 Å². The second-order valence-electron chi connectivity index (χ2n) is 4.67. The Morgan fingerprint density at radius 2 is 2.05 bits per heavy atom. The Labute approximate surface area is 122 Å². The van der Waals surface area contributed by atoms with Gasteiger partial charge in [0.2, 0.25) is 0 Å². The molecule has 1 aromatic carbocycles. The number of hydrogen-bond donors (Lipinski definition) is 2. The van der Waals surface area contributed by atoms with E-state index in [1.54, 1.807) is 4.57 Å². The first-order valence-electron chi connectivity index (χ1n) is 6.81. The van der Waals surface area contributed by atoms with Gasteiger partial charge in [0.05, 0.1) is 0 Å². The lowest BCUT2D eigenvalue weighted by molar-refractivity contribution is 0.646.